The van der Waals surface area contributed by atoms with E-state index in [1.807, 2.05) is 0 Å². The molecule has 0 unspecified atom stereocenters. The molecule has 5 nitrogen and oxygen atoms in total. The van der Waals surface area contributed by atoms with Crippen molar-refractivity contribution in [3.05, 3.63) is 57.2 Å². The molecule has 0 spiro atoms. The van der Waals surface area contributed by atoms with Crippen molar-refractivity contribution in [1.29, 1.82) is 0 Å². The van der Waals surface area contributed by atoms with Gasteiger partial charge in [0.25, 0.3) is 11.8 Å². The largest absolute Gasteiger partial charge is 0.342 e. The highest BCUT2D eigenvalue weighted by molar-refractivity contribution is 7.12. The number of nitrogens with zero attached hydrogens (tertiary/aromatic N) is 1. The number of hydrogen-bond donors (Lipinski definition) is 2. The molecule has 7 heteroatoms. The predicted molar refractivity (Wildman–Crippen MR) is 83.8 cm³/mol. The summed E-state index contributed by atoms with van der Waals surface area (Å²) in [5.74, 6) is -0.683. The molecule has 2 amide bonds. The fraction of sp³-hybridized carbons (Fsp3) is 0.0714. The smallest absolute Gasteiger partial charge is 0.261 e. The first-order valence-corrected chi connectivity index (χ1v) is 7.30. The third-order valence-electron chi connectivity index (χ3n) is 2.41. The van der Waals surface area contributed by atoms with Gasteiger partial charge < -0.3 is 5.32 Å². The molecule has 2 aromatic rings. The molecule has 0 atom stereocenters. The van der Waals surface area contributed by atoms with Gasteiger partial charge in [-0.05, 0) is 29.1 Å². The lowest BCUT2D eigenvalue weighted by Crippen LogP contribution is -2.34. The Balaban J connectivity index is 1.76. The van der Waals surface area contributed by atoms with E-state index in [1.54, 1.807) is 41.8 Å². The minimum absolute atomic E-state index is 0.135. The number of halogens is 1. The molecule has 0 saturated carbocycles. The van der Waals surface area contributed by atoms with E-state index < -0.39 is 5.91 Å². The molecule has 0 radical (unpaired) electrons. The fourth-order valence-corrected chi connectivity index (χ4v) is 2.30. The van der Waals surface area contributed by atoms with Gasteiger partial charge >= 0.3 is 0 Å². The molecule has 2 N–H and O–H groups in total. The Morgan fingerprint density at radius 3 is 2.86 bits per heavy atom. The number of benzene rings is 1. The molecule has 0 aliphatic heterocycles. The summed E-state index contributed by atoms with van der Waals surface area (Å²) in [6, 6.07) is 10.5. The zero-order chi connectivity index (χ0) is 15.1. The van der Waals surface area contributed by atoms with Crippen LogP contribution in [0.3, 0.4) is 0 Å². The van der Waals surface area contributed by atoms with Gasteiger partial charge in [-0.25, -0.2) is 5.43 Å². The summed E-state index contributed by atoms with van der Waals surface area (Å²) in [6.07, 6.45) is 1.48. The first kappa shape index (κ1) is 15.2. The second-order valence-corrected chi connectivity index (χ2v) is 5.39. The van der Waals surface area contributed by atoms with E-state index in [4.69, 9.17) is 11.6 Å². The Bertz CT molecular complexity index is 656. The maximum atomic E-state index is 11.6. The summed E-state index contributed by atoms with van der Waals surface area (Å²) in [5, 5.41) is 8.69. The lowest BCUT2D eigenvalue weighted by Gasteiger charge is -2.02. The monoisotopic (exact) mass is 321 g/mol. The van der Waals surface area contributed by atoms with Crippen LogP contribution in [0.4, 0.5) is 0 Å². The van der Waals surface area contributed by atoms with E-state index >= 15 is 0 Å². The third-order valence-corrected chi connectivity index (χ3v) is 3.51. The van der Waals surface area contributed by atoms with Crippen LogP contribution >= 0.6 is 22.9 Å². The van der Waals surface area contributed by atoms with Crippen molar-refractivity contribution in [2.24, 2.45) is 5.10 Å². The summed E-state index contributed by atoms with van der Waals surface area (Å²) >= 11 is 7.14. The minimum Gasteiger partial charge on any atom is -0.342 e. The molecule has 0 bridgehead atoms. The first-order valence-electron chi connectivity index (χ1n) is 6.04. The summed E-state index contributed by atoms with van der Waals surface area (Å²) in [4.78, 5) is 23.7. The van der Waals surface area contributed by atoms with Crippen LogP contribution in [0.15, 0.2) is 46.9 Å². The number of rotatable bonds is 5. The van der Waals surface area contributed by atoms with Crippen LogP contribution in [-0.2, 0) is 4.79 Å². The maximum Gasteiger partial charge on any atom is 0.261 e. The Morgan fingerprint density at radius 1 is 1.29 bits per heavy atom. The molecular formula is C14H12ClN3O2S. The van der Waals surface area contributed by atoms with E-state index in [2.05, 4.69) is 15.8 Å². The lowest BCUT2D eigenvalue weighted by molar-refractivity contribution is -0.120. The summed E-state index contributed by atoms with van der Waals surface area (Å²) < 4.78 is 0. The Kier molecular flexibility index (Phi) is 5.48. The SMILES string of the molecule is O=C(CNC(=O)c1cccs1)NN=Cc1cccc(Cl)c1. The number of hydrazone groups is 1. The van der Waals surface area contributed by atoms with Crippen LogP contribution in [0.5, 0.6) is 0 Å². The van der Waals surface area contributed by atoms with Gasteiger partial charge in [0.15, 0.2) is 0 Å². The Labute approximate surface area is 130 Å². The zero-order valence-corrected chi connectivity index (χ0v) is 12.4. The number of thiophene rings is 1. The van der Waals surface area contributed by atoms with Gasteiger partial charge in [0.1, 0.15) is 0 Å². The number of carbonyl (C=O) groups is 2. The lowest BCUT2D eigenvalue weighted by atomic mass is 10.2. The van der Waals surface area contributed by atoms with E-state index in [0.717, 1.165) is 5.56 Å². The predicted octanol–water partition coefficient (Wildman–Crippen LogP) is 2.28. The fourth-order valence-electron chi connectivity index (χ4n) is 1.46. The second kappa shape index (κ2) is 7.56. The molecule has 0 aliphatic carbocycles. The number of nitrogens with one attached hydrogen (secondary N) is 2. The topological polar surface area (TPSA) is 70.6 Å². The summed E-state index contributed by atoms with van der Waals surface area (Å²) in [6.45, 7) is -0.135. The maximum absolute atomic E-state index is 11.6. The summed E-state index contributed by atoms with van der Waals surface area (Å²) in [5.41, 5.74) is 3.10. The first-order chi connectivity index (χ1) is 10.1. The van der Waals surface area contributed by atoms with Gasteiger partial charge in [-0.3, -0.25) is 9.59 Å². The highest BCUT2D eigenvalue weighted by Gasteiger charge is 2.07. The normalized spacial score (nSPS) is 10.5. The van der Waals surface area contributed by atoms with Crippen molar-refractivity contribution in [1.82, 2.24) is 10.7 Å². The molecule has 2 rings (SSSR count). The highest BCUT2D eigenvalue weighted by atomic mass is 35.5. The molecule has 0 aliphatic rings. The number of carbonyl (C=O) groups excluding carboxylic acids is 2. The van der Waals surface area contributed by atoms with E-state index in [9.17, 15) is 9.59 Å². The number of hydrogen-bond acceptors (Lipinski definition) is 4. The van der Waals surface area contributed by atoms with E-state index in [0.29, 0.717) is 9.90 Å². The van der Waals surface area contributed by atoms with Crippen molar-refractivity contribution in [2.75, 3.05) is 6.54 Å². The summed E-state index contributed by atoms with van der Waals surface area (Å²) in [7, 11) is 0. The van der Waals surface area contributed by atoms with Crippen LogP contribution < -0.4 is 10.7 Å². The zero-order valence-electron chi connectivity index (χ0n) is 10.9. The standard InChI is InChI=1S/C14H12ClN3O2S/c15-11-4-1-3-10(7-11)8-17-18-13(19)9-16-14(20)12-5-2-6-21-12/h1-8H,9H2,(H,16,20)(H,18,19). The van der Waals surface area contributed by atoms with Crippen LogP contribution in [0.25, 0.3) is 0 Å². The Morgan fingerprint density at radius 2 is 2.14 bits per heavy atom. The molecule has 1 heterocycles. The average molecular weight is 322 g/mol. The average Bonchev–Trinajstić information content (AvgIpc) is 2.99. The van der Waals surface area contributed by atoms with Gasteiger partial charge in [-0.2, -0.15) is 5.10 Å². The molecule has 0 saturated heterocycles. The Hall–Kier alpha value is -2.18. The minimum atomic E-state index is -0.404. The highest BCUT2D eigenvalue weighted by Crippen LogP contribution is 2.08. The van der Waals surface area contributed by atoms with Crippen LogP contribution in [-0.4, -0.2) is 24.6 Å². The van der Waals surface area contributed by atoms with Crippen LogP contribution in [0.1, 0.15) is 15.2 Å². The van der Waals surface area contributed by atoms with Crippen LogP contribution in [0, 0.1) is 0 Å². The van der Waals surface area contributed by atoms with Gasteiger partial charge in [-0.1, -0.05) is 29.8 Å². The van der Waals surface area contributed by atoms with Crippen molar-refractivity contribution in [3.8, 4) is 0 Å². The molecular weight excluding hydrogens is 310 g/mol. The number of amides is 2. The molecule has 21 heavy (non-hydrogen) atoms. The van der Waals surface area contributed by atoms with Crippen LogP contribution in [0.2, 0.25) is 5.02 Å². The van der Waals surface area contributed by atoms with Crippen molar-refractivity contribution in [3.63, 3.8) is 0 Å². The molecule has 1 aromatic heterocycles. The van der Waals surface area contributed by atoms with Gasteiger partial charge in [0, 0.05) is 5.02 Å². The second-order valence-electron chi connectivity index (χ2n) is 4.01. The molecule has 1 aromatic carbocycles. The van der Waals surface area contributed by atoms with Crippen molar-refractivity contribution in [2.45, 2.75) is 0 Å². The van der Waals surface area contributed by atoms with Gasteiger partial charge in [-0.15, -0.1) is 11.3 Å². The quantitative estimate of drug-likeness (QED) is 0.655. The van der Waals surface area contributed by atoms with Crippen molar-refractivity contribution >= 4 is 41.0 Å². The van der Waals surface area contributed by atoms with Crippen molar-refractivity contribution < 1.29 is 9.59 Å². The molecule has 108 valence electrons. The molecule has 0 fully saturated rings. The van der Waals surface area contributed by atoms with Gasteiger partial charge in [0.05, 0.1) is 17.6 Å². The van der Waals surface area contributed by atoms with E-state index in [-0.39, 0.29) is 12.5 Å². The van der Waals surface area contributed by atoms with Gasteiger partial charge in [0.2, 0.25) is 0 Å². The third kappa shape index (κ3) is 5.02. The van der Waals surface area contributed by atoms with E-state index in [1.165, 1.54) is 17.6 Å².